The summed E-state index contributed by atoms with van der Waals surface area (Å²) in [5.74, 6) is 2.37. The van der Waals surface area contributed by atoms with E-state index in [4.69, 9.17) is 6.42 Å². The van der Waals surface area contributed by atoms with Crippen LogP contribution in [-0.4, -0.2) is 0 Å². The van der Waals surface area contributed by atoms with Crippen LogP contribution >= 0.6 is 0 Å². The van der Waals surface area contributed by atoms with Gasteiger partial charge in [-0.2, -0.15) is 0 Å². The summed E-state index contributed by atoms with van der Waals surface area (Å²) in [4.78, 5) is 0. The Bertz CT molecular complexity index is 112. The Kier molecular flexibility index (Phi) is 4.07. The molecule has 0 rings (SSSR count). The van der Waals surface area contributed by atoms with Crippen LogP contribution in [0.25, 0.3) is 0 Å². The van der Waals surface area contributed by atoms with Crippen LogP contribution < -0.4 is 0 Å². The standard InChI is InChI=1S/C8H11/c1-4-6-8(3)7-5-2/h1H,5,7H2,2-3H3. The Morgan fingerprint density at radius 3 is 2.62 bits per heavy atom. The van der Waals surface area contributed by atoms with E-state index in [-0.39, 0.29) is 0 Å². The Hall–Kier alpha value is -0.700. The lowest BCUT2D eigenvalue weighted by atomic mass is 10.2. The molecule has 0 saturated heterocycles. The van der Waals surface area contributed by atoms with Crippen LogP contribution in [0.1, 0.15) is 26.7 Å². The smallest absolute Gasteiger partial charge is 0.0387 e. The molecule has 0 bridgehead atoms. The predicted molar refractivity (Wildman–Crippen MR) is 36.2 cm³/mol. The molecule has 1 radical (unpaired) electrons. The van der Waals surface area contributed by atoms with Crippen molar-refractivity contribution in [2.24, 2.45) is 0 Å². The van der Waals surface area contributed by atoms with Gasteiger partial charge in [0.25, 0.3) is 0 Å². The molecule has 8 heavy (non-hydrogen) atoms. The van der Waals surface area contributed by atoms with Gasteiger partial charge in [0.1, 0.15) is 0 Å². The topological polar surface area (TPSA) is 0 Å². The Morgan fingerprint density at radius 1 is 1.62 bits per heavy atom. The molecule has 0 fully saturated rings. The summed E-state index contributed by atoms with van der Waals surface area (Å²) in [6, 6.07) is 0. The molecule has 0 atom stereocenters. The summed E-state index contributed by atoms with van der Waals surface area (Å²) in [5, 5.41) is 0. The summed E-state index contributed by atoms with van der Waals surface area (Å²) in [6.45, 7) is 4.13. The van der Waals surface area contributed by atoms with E-state index in [1.54, 1.807) is 0 Å². The number of rotatable bonds is 2. The number of allylic oxidation sites excluding steroid dienone is 2. The molecule has 0 heterocycles. The Morgan fingerprint density at radius 2 is 2.25 bits per heavy atom. The fourth-order valence-electron chi connectivity index (χ4n) is 0.561. The average molecular weight is 107 g/mol. The van der Waals surface area contributed by atoms with Gasteiger partial charge in [0, 0.05) is 6.08 Å². The molecule has 0 nitrogen and oxygen atoms in total. The monoisotopic (exact) mass is 107 g/mol. The predicted octanol–water partition coefficient (Wildman–Crippen LogP) is 2.17. The van der Waals surface area contributed by atoms with Crippen LogP contribution in [-0.2, 0) is 0 Å². The minimum Gasteiger partial charge on any atom is -0.115 e. The summed E-state index contributed by atoms with van der Waals surface area (Å²) in [6.07, 6.45) is 10.00. The molecule has 43 valence electrons. The van der Waals surface area contributed by atoms with Gasteiger partial charge < -0.3 is 0 Å². The highest BCUT2D eigenvalue weighted by molar-refractivity contribution is 5.07. The molecule has 0 spiro atoms. The van der Waals surface area contributed by atoms with Gasteiger partial charge in [-0.25, -0.2) is 0 Å². The normalized spacial score (nSPS) is 10.9. The van der Waals surface area contributed by atoms with Gasteiger partial charge in [-0.1, -0.05) is 24.8 Å². The third-order valence-corrected chi connectivity index (χ3v) is 0.911. The van der Waals surface area contributed by atoms with E-state index in [0.717, 1.165) is 12.8 Å². The van der Waals surface area contributed by atoms with Crippen molar-refractivity contribution in [3.63, 3.8) is 0 Å². The number of hydrogen-bond donors (Lipinski definition) is 0. The summed E-state index contributed by atoms with van der Waals surface area (Å²) in [5.41, 5.74) is 1.18. The second-order valence-electron chi connectivity index (χ2n) is 1.80. The number of terminal acetylenes is 1. The van der Waals surface area contributed by atoms with E-state index in [2.05, 4.69) is 18.9 Å². The van der Waals surface area contributed by atoms with Crippen LogP contribution in [0.15, 0.2) is 5.57 Å². The minimum atomic E-state index is 1.07. The quantitative estimate of drug-likeness (QED) is 0.474. The number of hydrogen-bond acceptors (Lipinski definition) is 0. The summed E-state index contributed by atoms with van der Waals surface area (Å²) < 4.78 is 0. The molecule has 0 aromatic heterocycles. The first kappa shape index (κ1) is 7.30. The van der Waals surface area contributed by atoms with Gasteiger partial charge in [0.05, 0.1) is 0 Å². The lowest BCUT2D eigenvalue weighted by Gasteiger charge is -1.89. The van der Waals surface area contributed by atoms with Crippen molar-refractivity contribution in [1.29, 1.82) is 0 Å². The maximum atomic E-state index is 4.98. The molecule has 0 aromatic rings. The highest BCUT2D eigenvalue weighted by Crippen LogP contribution is 1.99. The molecule has 0 amide bonds. The van der Waals surface area contributed by atoms with Crippen molar-refractivity contribution in [2.45, 2.75) is 26.7 Å². The van der Waals surface area contributed by atoms with Crippen LogP contribution in [0.4, 0.5) is 0 Å². The van der Waals surface area contributed by atoms with Gasteiger partial charge in [-0.3, -0.25) is 0 Å². The zero-order chi connectivity index (χ0) is 6.41. The second kappa shape index (κ2) is 4.46. The largest absolute Gasteiger partial charge is 0.115 e. The van der Waals surface area contributed by atoms with Gasteiger partial charge in [-0.05, 0) is 13.3 Å². The second-order valence-corrected chi connectivity index (χ2v) is 1.80. The van der Waals surface area contributed by atoms with Crippen LogP contribution in [0.5, 0.6) is 0 Å². The maximum Gasteiger partial charge on any atom is 0.0387 e. The fraction of sp³-hybridized carbons (Fsp3) is 0.500. The zero-order valence-corrected chi connectivity index (χ0v) is 5.49. The lowest BCUT2D eigenvalue weighted by molar-refractivity contribution is 0.903. The molecule has 0 N–H and O–H groups in total. The van der Waals surface area contributed by atoms with Crippen molar-refractivity contribution in [3.8, 4) is 12.3 Å². The molecule has 0 unspecified atom stereocenters. The first-order valence-corrected chi connectivity index (χ1v) is 2.85. The molecule has 0 aromatic carbocycles. The molecule has 0 saturated carbocycles. The first-order chi connectivity index (χ1) is 3.81. The van der Waals surface area contributed by atoms with Crippen LogP contribution in [0, 0.1) is 18.4 Å². The zero-order valence-electron chi connectivity index (χ0n) is 5.49. The summed E-state index contributed by atoms with van der Waals surface area (Å²) in [7, 11) is 0. The molecule has 0 heteroatoms. The van der Waals surface area contributed by atoms with Gasteiger partial charge in [0.2, 0.25) is 0 Å². The highest BCUT2D eigenvalue weighted by atomic mass is 13.9. The average Bonchev–Trinajstić information content (AvgIpc) is 1.68. The van der Waals surface area contributed by atoms with Gasteiger partial charge in [-0.15, -0.1) is 6.42 Å². The Balaban J connectivity index is 3.49. The van der Waals surface area contributed by atoms with E-state index in [0.29, 0.717) is 0 Å². The van der Waals surface area contributed by atoms with E-state index in [1.807, 2.05) is 6.92 Å². The maximum absolute atomic E-state index is 4.98. The van der Waals surface area contributed by atoms with E-state index >= 15 is 0 Å². The van der Waals surface area contributed by atoms with Gasteiger partial charge >= 0.3 is 0 Å². The molecule has 0 aliphatic heterocycles. The highest BCUT2D eigenvalue weighted by Gasteiger charge is 1.82. The van der Waals surface area contributed by atoms with Crippen molar-refractivity contribution in [1.82, 2.24) is 0 Å². The van der Waals surface area contributed by atoms with Crippen molar-refractivity contribution >= 4 is 0 Å². The van der Waals surface area contributed by atoms with Gasteiger partial charge in [0.15, 0.2) is 0 Å². The molecular formula is C8H11. The third kappa shape index (κ3) is 3.49. The van der Waals surface area contributed by atoms with E-state index in [9.17, 15) is 0 Å². The SMILES string of the molecule is C#C/[C]=C(/C)CCC. The minimum absolute atomic E-state index is 1.07. The van der Waals surface area contributed by atoms with Crippen molar-refractivity contribution in [2.75, 3.05) is 0 Å². The molecular weight excluding hydrogens is 96.1 g/mol. The molecule has 0 aliphatic carbocycles. The van der Waals surface area contributed by atoms with Crippen molar-refractivity contribution in [3.05, 3.63) is 11.6 Å². The first-order valence-electron chi connectivity index (χ1n) is 2.85. The van der Waals surface area contributed by atoms with Crippen molar-refractivity contribution < 1.29 is 0 Å². The molecule has 0 aliphatic rings. The van der Waals surface area contributed by atoms with E-state index < -0.39 is 0 Å². The third-order valence-electron chi connectivity index (χ3n) is 0.911. The van der Waals surface area contributed by atoms with E-state index in [1.165, 1.54) is 5.57 Å². The van der Waals surface area contributed by atoms with Crippen LogP contribution in [0.3, 0.4) is 0 Å². The fourth-order valence-corrected chi connectivity index (χ4v) is 0.561. The Labute approximate surface area is 51.6 Å². The summed E-state index contributed by atoms with van der Waals surface area (Å²) >= 11 is 0. The van der Waals surface area contributed by atoms with Crippen LogP contribution in [0.2, 0.25) is 0 Å². The lowest BCUT2D eigenvalue weighted by Crippen LogP contribution is -1.72.